The molecule has 55 heavy (non-hydrogen) atoms. The summed E-state index contributed by atoms with van der Waals surface area (Å²) in [6.07, 6.45) is 0. The lowest BCUT2D eigenvalue weighted by Crippen LogP contribution is -2.11. The topological polar surface area (TPSA) is 16.4 Å². The van der Waals surface area contributed by atoms with Crippen LogP contribution in [0, 0.1) is 0 Å². The van der Waals surface area contributed by atoms with Gasteiger partial charge in [-0.05, 0) is 87.8 Å². The molecule has 0 atom stereocenters. The minimum absolute atomic E-state index is 0.917. The predicted molar refractivity (Wildman–Crippen MR) is 235 cm³/mol. The molecule has 0 aliphatic rings. The van der Waals surface area contributed by atoms with E-state index in [9.17, 15) is 0 Å². The zero-order chi connectivity index (χ0) is 36.3. The van der Waals surface area contributed by atoms with Gasteiger partial charge in [0.25, 0.3) is 0 Å². The highest BCUT2D eigenvalue weighted by Crippen LogP contribution is 2.44. The molecule has 0 saturated carbocycles. The minimum Gasteiger partial charge on any atom is -0.455 e. The third-order valence-electron chi connectivity index (χ3n) is 10.9. The van der Waals surface area contributed by atoms with Crippen molar-refractivity contribution in [2.45, 2.75) is 0 Å². The molecule has 2 heterocycles. The Morgan fingerprint density at radius 2 is 1.00 bits per heavy atom. The van der Waals surface area contributed by atoms with E-state index in [1.54, 1.807) is 0 Å². The number of benzene rings is 9. The number of hydrogen-bond acceptors (Lipinski definition) is 3. The number of thiophene rings is 1. The summed E-state index contributed by atoms with van der Waals surface area (Å²) in [5, 5.41) is 7.22. The van der Waals surface area contributed by atoms with Crippen LogP contribution in [-0.4, -0.2) is 0 Å². The quantitative estimate of drug-likeness (QED) is 0.170. The third-order valence-corrected chi connectivity index (χ3v) is 12.1. The van der Waals surface area contributed by atoms with Gasteiger partial charge in [-0.1, -0.05) is 146 Å². The largest absolute Gasteiger partial charge is 0.455 e. The highest BCUT2D eigenvalue weighted by Gasteiger charge is 2.19. The van der Waals surface area contributed by atoms with E-state index in [4.69, 9.17) is 4.42 Å². The van der Waals surface area contributed by atoms with Gasteiger partial charge in [0.05, 0.1) is 5.69 Å². The standard InChI is InChI=1S/C52H33NOS/c1-2-11-35(12-3-1)41-13-4-7-18-48(41)53(40-30-25-36(26-31-40)42-16-10-17-46-44-15-6-9-20-50(44)55-52(42)46)39-28-23-34(24-29-39)38-22-21-37-27-32-45-43-14-5-8-19-49(43)54-51(45)47(37)33-38/h1-33H. The Morgan fingerprint density at radius 3 is 1.84 bits per heavy atom. The summed E-state index contributed by atoms with van der Waals surface area (Å²) < 4.78 is 9.06. The molecule has 2 aromatic heterocycles. The Balaban J connectivity index is 1.02. The predicted octanol–water partition coefficient (Wildman–Crippen LogP) is 15.6. The van der Waals surface area contributed by atoms with E-state index in [-0.39, 0.29) is 0 Å². The van der Waals surface area contributed by atoms with Gasteiger partial charge >= 0.3 is 0 Å². The van der Waals surface area contributed by atoms with Gasteiger partial charge in [-0.3, -0.25) is 0 Å². The normalized spacial score (nSPS) is 11.6. The molecule has 0 bridgehead atoms. The summed E-state index contributed by atoms with van der Waals surface area (Å²) in [5.74, 6) is 0. The average Bonchev–Trinajstić information content (AvgIpc) is 3.84. The molecule has 11 aromatic rings. The molecule has 11 rings (SSSR count). The number of hydrogen-bond donors (Lipinski definition) is 0. The third kappa shape index (κ3) is 5.32. The van der Waals surface area contributed by atoms with Crippen molar-refractivity contribution in [1.29, 1.82) is 0 Å². The van der Waals surface area contributed by atoms with Gasteiger partial charge in [0.15, 0.2) is 0 Å². The van der Waals surface area contributed by atoms with Crippen molar-refractivity contribution < 1.29 is 4.42 Å². The van der Waals surface area contributed by atoms with E-state index >= 15 is 0 Å². The van der Waals surface area contributed by atoms with Crippen LogP contribution in [0.25, 0.3) is 86.3 Å². The number of para-hydroxylation sites is 2. The monoisotopic (exact) mass is 719 g/mol. The second kappa shape index (κ2) is 12.9. The first-order chi connectivity index (χ1) is 27.3. The summed E-state index contributed by atoms with van der Waals surface area (Å²) in [6, 6.07) is 72.1. The van der Waals surface area contributed by atoms with Gasteiger partial charge in [-0.25, -0.2) is 0 Å². The van der Waals surface area contributed by atoms with Crippen molar-refractivity contribution >= 4 is 81.3 Å². The molecule has 0 spiro atoms. The molecule has 2 nitrogen and oxygen atoms in total. The van der Waals surface area contributed by atoms with Gasteiger partial charge in [0.2, 0.25) is 0 Å². The van der Waals surface area contributed by atoms with Crippen LogP contribution in [0.2, 0.25) is 0 Å². The maximum Gasteiger partial charge on any atom is 0.143 e. The van der Waals surface area contributed by atoms with Crippen LogP contribution in [0.15, 0.2) is 205 Å². The van der Waals surface area contributed by atoms with E-state index in [2.05, 4.69) is 193 Å². The zero-order valence-electron chi connectivity index (χ0n) is 29.8. The molecule has 258 valence electrons. The first-order valence-corrected chi connectivity index (χ1v) is 19.5. The second-order valence-electron chi connectivity index (χ2n) is 14.1. The fraction of sp³-hybridized carbons (Fsp3) is 0. The molecule has 3 heteroatoms. The van der Waals surface area contributed by atoms with Crippen LogP contribution in [0.4, 0.5) is 17.1 Å². The number of rotatable bonds is 6. The van der Waals surface area contributed by atoms with Crippen molar-refractivity contribution in [2.24, 2.45) is 0 Å². The lowest BCUT2D eigenvalue weighted by atomic mass is 9.98. The highest BCUT2D eigenvalue weighted by molar-refractivity contribution is 7.26. The summed E-state index contributed by atoms with van der Waals surface area (Å²) >= 11 is 1.87. The van der Waals surface area contributed by atoms with Crippen LogP contribution in [0.3, 0.4) is 0 Å². The summed E-state index contributed by atoms with van der Waals surface area (Å²) in [7, 11) is 0. The number of furan rings is 1. The van der Waals surface area contributed by atoms with Gasteiger partial charge in [0, 0.05) is 53.3 Å². The molecule has 0 aliphatic carbocycles. The Morgan fingerprint density at radius 1 is 0.382 bits per heavy atom. The van der Waals surface area contributed by atoms with Crippen molar-refractivity contribution in [3.05, 3.63) is 200 Å². The molecule has 0 unspecified atom stereocenters. The summed E-state index contributed by atoms with van der Waals surface area (Å²) in [5.41, 5.74) is 12.3. The minimum atomic E-state index is 0.917. The highest BCUT2D eigenvalue weighted by atomic mass is 32.1. The Bertz CT molecular complexity index is 3190. The van der Waals surface area contributed by atoms with Crippen molar-refractivity contribution in [3.8, 4) is 33.4 Å². The molecule has 0 amide bonds. The van der Waals surface area contributed by atoms with Crippen LogP contribution < -0.4 is 4.90 Å². The van der Waals surface area contributed by atoms with Crippen LogP contribution in [0.1, 0.15) is 0 Å². The maximum atomic E-state index is 6.42. The Kier molecular flexibility index (Phi) is 7.39. The van der Waals surface area contributed by atoms with Crippen LogP contribution >= 0.6 is 11.3 Å². The lowest BCUT2D eigenvalue weighted by molar-refractivity contribution is 0.672. The second-order valence-corrected chi connectivity index (χ2v) is 15.1. The van der Waals surface area contributed by atoms with E-state index in [1.807, 2.05) is 23.5 Å². The number of fused-ring (bicyclic) bond motifs is 8. The van der Waals surface area contributed by atoms with E-state index in [0.29, 0.717) is 0 Å². The van der Waals surface area contributed by atoms with Gasteiger partial charge in [-0.15, -0.1) is 11.3 Å². The molecular weight excluding hydrogens is 687 g/mol. The fourth-order valence-corrected chi connectivity index (χ4v) is 9.45. The number of nitrogens with zero attached hydrogens (tertiary/aromatic N) is 1. The summed E-state index contributed by atoms with van der Waals surface area (Å²) in [4.78, 5) is 2.38. The van der Waals surface area contributed by atoms with E-state index in [0.717, 1.165) is 55.5 Å². The lowest BCUT2D eigenvalue weighted by Gasteiger charge is -2.28. The van der Waals surface area contributed by atoms with Crippen LogP contribution in [0.5, 0.6) is 0 Å². The smallest absolute Gasteiger partial charge is 0.143 e. The summed E-state index contributed by atoms with van der Waals surface area (Å²) in [6.45, 7) is 0. The molecule has 0 aliphatic heterocycles. The zero-order valence-corrected chi connectivity index (χ0v) is 30.6. The molecule has 9 aromatic carbocycles. The van der Waals surface area contributed by atoms with Gasteiger partial charge in [-0.2, -0.15) is 0 Å². The molecule has 0 saturated heterocycles. The van der Waals surface area contributed by atoms with Crippen molar-refractivity contribution in [3.63, 3.8) is 0 Å². The molecular formula is C52H33NOS. The average molecular weight is 720 g/mol. The van der Waals surface area contributed by atoms with Gasteiger partial charge in [0.1, 0.15) is 11.2 Å². The fourth-order valence-electron chi connectivity index (χ4n) is 8.21. The maximum absolute atomic E-state index is 6.42. The van der Waals surface area contributed by atoms with Crippen molar-refractivity contribution in [1.82, 2.24) is 0 Å². The van der Waals surface area contributed by atoms with Gasteiger partial charge < -0.3 is 9.32 Å². The van der Waals surface area contributed by atoms with Crippen LogP contribution in [-0.2, 0) is 0 Å². The van der Waals surface area contributed by atoms with Crippen molar-refractivity contribution in [2.75, 3.05) is 4.90 Å². The first-order valence-electron chi connectivity index (χ1n) is 18.7. The molecule has 0 radical (unpaired) electrons. The van der Waals surface area contributed by atoms with E-state index < -0.39 is 0 Å². The Labute approximate surface area is 322 Å². The van der Waals surface area contributed by atoms with E-state index in [1.165, 1.54) is 47.8 Å². The first kappa shape index (κ1) is 31.6. The molecule has 0 fully saturated rings. The Hall–Kier alpha value is -6.94. The number of anilines is 3. The SMILES string of the molecule is c1ccc(-c2ccccc2N(c2ccc(-c3ccc4ccc5c6ccccc6oc5c4c3)cc2)c2ccc(-c3cccc4c3sc3ccccc34)cc2)cc1. The molecule has 0 N–H and O–H groups in total.